The van der Waals surface area contributed by atoms with Gasteiger partial charge < -0.3 is 15.4 Å². The maximum absolute atomic E-state index is 12.5. The number of halogens is 3. The number of carbonyl (C=O) groups is 1. The largest absolute Gasteiger partial charge is 0.497 e. The van der Waals surface area contributed by atoms with Crippen LogP contribution in [0, 0.1) is 0 Å². The van der Waals surface area contributed by atoms with Gasteiger partial charge >= 0.3 is 6.18 Å². The van der Waals surface area contributed by atoms with Crippen molar-refractivity contribution in [2.75, 3.05) is 13.7 Å². The Morgan fingerprint density at radius 2 is 1.89 bits per heavy atom. The molecule has 5 nitrogen and oxygen atoms in total. The number of nitrogens with zero attached hydrogens (tertiary/aromatic N) is 1. The molecule has 1 aliphatic rings. The number of rotatable bonds is 5. The van der Waals surface area contributed by atoms with Crippen LogP contribution in [0.25, 0.3) is 10.9 Å². The van der Waals surface area contributed by atoms with Crippen LogP contribution in [0.15, 0.2) is 30.5 Å². The van der Waals surface area contributed by atoms with Gasteiger partial charge in [0.2, 0.25) is 0 Å². The molecule has 1 saturated carbocycles. The Balaban J connectivity index is 1.54. The molecule has 0 saturated heterocycles. The zero-order valence-electron chi connectivity index (χ0n) is 15.0. The molecule has 0 radical (unpaired) electrons. The lowest BCUT2D eigenvalue weighted by atomic mass is 9.91. The van der Waals surface area contributed by atoms with Gasteiger partial charge in [-0.25, -0.2) is 0 Å². The van der Waals surface area contributed by atoms with Gasteiger partial charge in [-0.15, -0.1) is 0 Å². The average molecular weight is 381 g/mol. The number of methoxy groups -OCH3 is 1. The van der Waals surface area contributed by atoms with Gasteiger partial charge in [0.25, 0.3) is 5.91 Å². The number of carbonyl (C=O) groups excluding carboxylic acids is 1. The summed E-state index contributed by atoms with van der Waals surface area (Å²) in [6, 6.07) is 7.03. The van der Waals surface area contributed by atoms with Gasteiger partial charge in [0, 0.05) is 29.7 Å². The fraction of sp³-hybridized carbons (Fsp3) is 0.474. The predicted octanol–water partition coefficient (Wildman–Crippen LogP) is 3.44. The summed E-state index contributed by atoms with van der Waals surface area (Å²) in [5.74, 6) is 0.481. The van der Waals surface area contributed by atoms with Crippen molar-refractivity contribution in [3.8, 4) is 5.75 Å². The van der Waals surface area contributed by atoms with Crippen LogP contribution in [-0.4, -0.2) is 42.8 Å². The Labute approximate surface area is 155 Å². The minimum absolute atomic E-state index is 0.0343. The Morgan fingerprint density at radius 1 is 1.19 bits per heavy atom. The standard InChI is InChI=1S/C19H22F3N3O2/c1-27-16-7-2-12-8-13(10-23-17(12)9-16)18(26)25-15-5-3-14(4-6-15)24-11-19(20,21)22/h2,7-10,14-15,24H,3-6,11H2,1H3,(H,25,26). The first-order valence-electron chi connectivity index (χ1n) is 8.89. The first-order chi connectivity index (χ1) is 12.8. The topological polar surface area (TPSA) is 63.2 Å². The maximum Gasteiger partial charge on any atom is 0.401 e. The molecular weight excluding hydrogens is 359 g/mol. The molecule has 8 heteroatoms. The van der Waals surface area contributed by atoms with Gasteiger partial charge in [0.1, 0.15) is 5.75 Å². The van der Waals surface area contributed by atoms with Crippen LogP contribution in [-0.2, 0) is 0 Å². The van der Waals surface area contributed by atoms with Crippen LogP contribution in [0.1, 0.15) is 36.0 Å². The molecule has 0 atom stereocenters. The van der Waals surface area contributed by atoms with Gasteiger partial charge in [0.05, 0.1) is 24.7 Å². The molecule has 1 amide bonds. The van der Waals surface area contributed by atoms with Crippen LogP contribution < -0.4 is 15.4 Å². The van der Waals surface area contributed by atoms with Gasteiger partial charge in [-0.2, -0.15) is 13.2 Å². The van der Waals surface area contributed by atoms with Crippen molar-refractivity contribution in [1.82, 2.24) is 15.6 Å². The van der Waals surface area contributed by atoms with Crippen molar-refractivity contribution < 1.29 is 22.7 Å². The number of amides is 1. The van der Waals surface area contributed by atoms with E-state index in [1.807, 2.05) is 6.07 Å². The highest BCUT2D eigenvalue weighted by molar-refractivity contribution is 5.97. The third-order valence-corrected chi connectivity index (χ3v) is 4.81. The number of benzene rings is 1. The fourth-order valence-electron chi connectivity index (χ4n) is 3.32. The van der Waals surface area contributed by atoms with E-state index in [1.165, 1.54) is 6.20 Å². The maximum atomic E-state index is 12.5. The fourth-order valence-corrected chi connectivity index (χ4v) is 3.32. The molecule has 2 aromatic rings. The molecule has 146 valence electrons. The molecule has 1 fully saturated rings. The van der Waals surface area contributed by atoms with E-state index in [2.05, 4.69) is 15.6 Å². The number of hydrogen-bond donors (Lipinski definition) is 2. The first kappa shape index (κ1) is 19.4. The Morgan fingerprint density at radius 3 is 2.56 bits per heavy atom. The van der Waals surface area contributed by atoms with Crippen molar-refractivity contribution in [2.45, 2.75) is 43.9 Å². The molecule has 1 aromatic heterocycles. The van der Waals surface area contributed by atoms with Crippen molar-refractivity contribution >= 4 is 16.8 Å². The highest BCUT2D eigenvalue weighted by Gasteiger charge is 2.30. The highest BCUT2D eigenvalue weighted by atomic mass is 19.4. The highest BCUT2D eigenvalue weighted by Crippen LogP contribution is 2.22. The second-order valence-corrected chi connectivity index (χ2v) is 6.80. The van der Waals surface area contributed by atoms with Crippen molar-refractivity contribution in [3.63, 3.8) is 0 Å². The lowest BCUT2D eigenvalue weighted by molar-refractivity contribution is -0.126. The van der Waals surface area contributed by atoms with Crippen LogP contribution in [0.4, 0.5) is 13.2 Å². The third kappa shape index (κ3) is 5.32. The number of pyridine rings is 1. The first-order valence-corrected chi connectivity index (χ1v) is 8.89. The molecule has 3 rings (SSSR count). The number of ether oxygens (including phenoxy) is 1. The summed E-state index contributed by atoms with van der Waals surface area (Å²) < 4.78 is 42.0. The third-order valence-electron chi connectivity index (χ3n) is 4.81. The van der Waals surface area contributed by atoms with Gasteiger partial charge in [0.15, 0.2) is 0 Å². The van der Waals surface area contributed by atoms with E-state index in [0.717, 1.165) is 10.9 Å². The van der Waals surface area contributed by atoms with Crippen LogP contribution >= 0.6 is 0 Å². The van der Waals surface area contributed by atoms with Crippen molar-refractivity contribution in [1.29, 1.82) is 0 Å². The number of hydrogen-bond acceptors (Lipinski definition) is 4. The Hall–Kier alpha value is -2.35. The van der Waals surface area contributed by atoms with E-state index in [4.69, 9.17) is 4.74 Å². The summed E-state index contributed by atoms with van der Waals surface area (Å²) in [6.07, 6.45) is -0.154. The summed E-state index contributed by atoms with van der Waals surface area (Å²) in [5, 5.41) is 6.34. The van der Waals surface area contributed by atoms with Crippen molar-refractivity contribution in [2.24, 2.45) is 0 Å². The summed E-state index contributed by atoms with van der Waals surface area (Å²) in [7, 11) is 1.58. The average Bonchev–Trinajstić information content (AvgIpc) is 2.66. The Bertz CT molecular complexity index is 802. The zero-order chi connectivity index (χ0) is 19.4. The molecule has 0 spiro atoms. The quantitative estimate of drug-likeness (QED) is 0.833. The van der Waals surface area contributed by atoms with E-state index < -0.39 is 12.7 Å². The van der Waals surface area contributed by atoms with Gasteiger partial charge in [-0.1, -0.05) is 0 Å². The smallest absolute Gasteiger partial charge is 0.401 e. The number of aromatic nitrogens is 1. The van der Waals surface area contributed by atoms with E-state index in [9.17, 15) is 18.0 Å². The molecule has 1 aromatic carbocycles. The van der Waals surface area contributed by atoms with E-state index >= 15 is 0 Å². The minimum Gasteiger partial charge on any atom is -0.497 e. The second kappa shape index (κ2) is 8.12. The molecule has 0 aliphatic heterocycles. The summed E-state index contributed by atoms with van der Waals surface area (Å²) >= 11 is 0. The molecule has 1 heterocycles. The van der Waals surface area contributed by atoms with Crippen LogP contribution in [0.2, 0.25) is 0 Å². The number of nitrogens with one attached hydrogen (secondary N) is 2. The zero-order valence-corrected chi connectivity index (χ0v) is 15.0. The lowest BCUT2D eigenvalue weighted by Gasteiger charge is -2.30. The van der Waals surface area contributed by atoms with E-state index in [-0.39, 0.29) is 18.0 Å². The SMILES string of the molecule is COc1ccc2cc(C(=O)NC3CCC(NCC(F)(F)F)CC3)cnc2c1. The van der Waals surface area contributed by atoms with Crippen molar-refractivity contribution in [3.05, 3.63) is 36.0 Å². The molecule has 0 bridgehead atoms. The normalized spacial score (nSPS) is 20.4. The van der Waals surface area contributed by atoms with E-state index in [1.54, 1.807) is 25.3 Å². The molecule has 2 N–H and O–H groups in total. The number of alkyl halides is 3. The second-order valence-electron chi connectivity index (χ2n) is 6.80. The predicted molar refractivity (Wildman–Crippen MR) is 95.9 cm³/mol. The summed E-state index contributed by atoms with van der Waals surface area (Å²) in [4.78, 5) is 16.8. The molecule has 0 unspecified atom stereocenters. The minimum atomic E-state index is -4.20. The monoisotopic (exact) mass is 381 g/mol. The molecule has 27 heavy (non-hydrogen) atoms. The van der Waals surface area contributed by atoms with Crippen LogP contribution in [0.5, 0.6) is 5.75 Å². The van der Waals surface area contributed by atoms with Gasteiger partial charge in [-0.05, 0) is 43.9 Å². The summed E-state index contributed by atoms with van der Waals surface area (Å²) in [6.45, 7) is -0.970. The van der Waals surface area contributed by atoms with Gasteiger partial charge in [-0.3, -0.25) is 9.78 Å². The Kier molecular flexibility index (Phi) is 5.84. The van der Waals surface area contributed by atoms with E-state index in [0.29, 0.717) is 37.0 Å². The molecule has 1 aliphatic carbocycles. The lowest BCUT2D eigenvalue weighted by Crippen LogP contribution is -2.44. The van der Waals surface area contributed by atoms with Crippen LogP contribution in [0.3, 0.4) is 0 Å². The molecular formula is C19H22F3N3O2. The number of fused-ring (bicyclic) bond motifs is 1. The summed E-state index contributed by atoms with van der Waals surface area (Å²) in [5.41, 5.74) is 1.20.